The summed E-state index contributed by atoms with van der Waals surface area (Å²) in [5.74, 6) is 2.33. The van der Waals surface area contributed by atoms with Crippen molar-refractivity contribution in [1.29, 1.82) is 0 Å². The van der Waals surface area contributed by atoms with E-state index in [0.717, 1.165) is 42.6 Å². The summed E-state index contributed by atoms with van der Waals surface area (Å²) in [5, 5.41) is 3.25. The highest BCUT2D eigenvalue weighted by Crippen LogP contribution is 2.60. The maximum absolute atomic E-state index is 13.6. The fraction of sp³-hybridized carbons (Fsp3) is 0.667. The number of morpholine rings is 1. The lowest BCUT2D eigenvalue weighted by Crippen LogP contribution is -2.58. The van der Waals surface area contributed by atoms with Gasteiger partial charge in [-0.05, 0) is 61.8 Å². The summed E-state index contributed by atoms with van der Waals surface area (Å²) in [4.78, 5) is 28.8. The first-order chi connectivity index (χ1) is 14.1. The van der Waals surface area contributed by atoms with Crippen LogP contribution in [0.25, 0.3) is 0 Å². The van der Waals surface area contributed by atoms with Crippen LogP contribution >= 0.6 is 0 Å². The molecule has 0 spiro atoms. The van der Waals surface area contributed by atoms with E-state index in [1.807, 2.05) is 35.2 Å². The predicted molar refractivity (Wildman–Crippen MR) is 110 cm³/mol. The van der Waals surface area contributed by atoms with Gasteiger partial charge in [-0.3, -0.25) is 9.59 Å². The van der Waals surface area contributed by atoms with Crippen LogP contribution in [0.3, 0.4) is 0 Å². The molecule has 2 amide bonds. The average Bonchev–Trinajstić information content (AvgIpc) is 2.73. The van der Waals surface area contributed by atoms with E-state index < -0.39 is 6.04 Å². The zero-order chi connectivity index (χ0) is 19.8. The summed E-state index contributed by atoms with van der Waals surface area (Å²) >= 11 is 0. The number of carbonyl (C=O) groups excluding carboxylic acids is 2. The largest absolute Gasteiger partial charge is 0.378 e. The highest BCUT2D eigenvalue weighted by atomic mass is 16.5. The molecule has 29 heavy (non-hydrogen) atoms. The molecule has 1 aliphatic heterocycles. The molecule has 0 radical (unpaired) electrons. The summed E-state index contributed by atoms with van der Waals surface area (Å²) in [5.41, 5.74) is 0.861. The van der Waals surface area contributed by atoms with Crippen LogP contribution in [0.4, 0.5) is 0 Å². The molecular formula is C24H32N2O3. The van der Waals surface area contributed by atoms with E-state index in [9.17, 15) is 9.59 Å². The molecule has 0 unspecified atom stereocenters. The van der Waals surface area contributed by atoms with Crippen molar-refractivity contribution in [3.63, 3.8) is 0 Å². The van der Waals surface area contributed by atoms with Crippen LogP contribution < -0.4 is 5.32 Å². The smallest absolute Gasteiger partial charge is 0.245 e. The summed E-state index contributed by atoms with van der Waals surface area (Å²) < 4.78 is 5.41. The minimum absolute atomic E-state index is 0.0373. The number of hydrogen-bond donors (Lipinski definition) is 1. The highest BCUT2D eigenvalue weighted by Gasteiger charge is 2.55. The van der Waals surface area contributed by atoms with Crippen molar-refractivity contribution in [3.05, 3.63) is 35.9 Å². The van der Waals surface area contributed by atoms with Gasteiger partial charge in [0.15, 0.2) is 0 Å². The zero-order valence-electron chi connectivity index (χ0n) is 17.1. The number of hydrogen-bond acceptors (Lipinski definition) is 3. The Morgan fingerprint density at radius 3 is 2.17 bits per heavy atom. The van der Waals surface area contributed by atoms with Gasteiger partial charge in [0.2, 0.25) is 11.8 Å². The normalized spacial score (nSPS) is 34.1. The molecule has 5 nitrogen and oxygen atoms in total. The third kappa shape index (κ3) is 3.81. The first-order valence-corrected chi connectivity index (χ1v) is 11.3. The second-order valence-corrected chi connectivity index (χ2v) is 9.85. The Hall–Kier alpha value is -1.88. The molecule has 1 aromatic carbocycles. The third-order valence-corrected chi connectivity index (χ3v) is 7.73. The molecule has 1 atom stereocenters. The van der Waals surface area contributed by atoms with Crippen LogP contribution in [-0.4, -0.2) is 49.1 Å². The molecule has 1 N–H and O–H groups in total. The molecular weight excluding hydrogens is 364 g/mol. The molecule has 1 aromatic rings. The van der Waals surface area contributed by atoms with Gasteiger partial charge < -0.3 is 15.0 Å². The number of benzene rings is 1. The van der Waals surface area contributed by atoms with E-state index >= 15 is 0 Å². The minimum atomic E-state index is -0.490. The van der Waals surface area contributed by atoms with E-state index in [2.05, 4.69) is 5.32 Å². The SMILES string of the molecule is O=C([C@H](Cc1ccccc1)NC(=O)C12CC3CC(CC(C3)C1)C2)N1CCOCC1. The summed E-state index contributed by atoms with van der Waals surface area (Å²) in [6, 6.07) is 9.55. The molecule has 0 aromatic heterocycles. The van der Waals surface area contributed by atoms with Crippen molar-refractivity contribution in [1.82, 2.24) is 10.2 Å². The fourth-order valence-corrected chi connectivity index (χ4v) is 6.75. The predicted octanol–water partition coefficient (Wildman–Crippen LogP) is 2.79. The van der Waals surface area contributed by atoms with Gasteiger partial charge in [0, 0.05) is 24.9 Å². The third-order valence-electron chi connectivity index (χ3n) is 7.73. The Morgan fingerprint density at radius 2 is 1.59 bits per heavy atom. The Labute approximate surface area is 173 Å². The highest BCUT2D eigenvalue weighted by molar-refractivity contribution is 5.90. The second-order valence-electron chi connectivity index (χ2n) is 9.85. The Kier molecular flexibility index (Phi) is 5.10. The zero-order valence-corrected chi connectivity index (χ0v) is 17.1. The average molecular weight is 397 g/mol. The van der Waals surface area contributed by atoms with E-state index in [1.54, 1.807) is 0 Å². The van der Waals surface area contributed by atoms with Crippen LogP contribution in [0.15, 0.2) is 30.3 Å². The Morgan fingerprint density at radius 1 is 1.00 bits per heavy atom. The van der Waals surface area contributed by atoms with Crippen molar-refractivity contribution in [2.45, 2.75) is 51.0 Å². The molecule has 5 aliphatic rings. The van der Waals surface area contributed by atoms with Crippen molar-refractivity contribution in [2.75, 3.05) is 26.3 Å². The minimum Gasteiger partial charge on any atom is -0.378 e. The van der Waals surface area contributed by atoms with Crippen LogP contribution in [0.5, 0.6) is 0 Å². The van der Waals surface area contributed by atoms with Gasteiger partial charge in [0.05, 0.1) is 13.2 Å². The molecule has 5 fully saturated rings. The summed E-state index contributed by atoms with van der Waals surface area (Å²) in [6.07, 6.45) is 7.55. The van der Waals surface area contributed by atoms with E-state index in [4.69, 9.17) is 4.74 Å². The standard InChI is InChI=1S/C24H32N2O3/c27-22(26-6-8-29-9-7-26)21(13-17-4-2-1-3-5-17)25-23(28)24-14-18-10-19(15-24)12-20(11-18)16-24/h1-5,18-21H,6-16H2,(H,25,28)/t18?,19?,20?,21-,24?/m0/s1. The molecule has 4 bridgehead atoms. The lowest BCUT2D eigenvalue weighted by atomic mass is 9.49. The number of ether oxygens (including phenoxy) is 1. The number of rotatable bonds is 5. The van der Waals surface area contributed by atoms with Crippen LogP contribution in [0.1, 0.15) is 44.1 Å². The molecule has 5 heteroatoms. The van der Waals surface area contributed by atoms with E-state index in [0.29, 0.717) is 32.7 Å². The van der Waals surface area contributed by atoms with Gasteiger partial charge in [-0.15, -0.1) is 0 Å². The van der Waals surface area contributed by atoms with Gasteiger partial charge >= 0.3 is 0 Å². The topological polar surface area (TPSA) is 58.6 Å². The van der Waals surface area contributed by atoms with Gasteiger partial charge in [-0.1, -0.05) is 30.3 Å². The van der Waals surface area contributed by atoms with Crippen molar-refractivity contribution >= 4 is 11.8 Å². The molecule has 1 saturated heterocycles. The van der Waals surface area contributed by atoms with Gasteiger partial charge in [-0.25, -0.2) is 0 Å². The van der Waals surface area contributed by atoms with Crippen LogP contribution in [0.2, 0.25) is 0 Å². The summed E-state index contributed by atoms with van der Waals surface area (Å²) in [7, 11) is 0. The first-order valence-electron chi connectivity index (χ1n) is 11.3. The molecule has 4 aliphatic carbocycles. The number of carbonyl (C=O) groups is 2. The lowest BCUT2D eigenvalue weighted by Gasteiger charge is -2.55. The maximum Gasteiger partial charge on any atom is 0.245 e. The van der Waals surface area contributed by atoms with Gasteiger partial charge in [-0.2, -0.15) is 0 Å². The molecule has 4 saturated carbocycles. The van der Waals surface area contributed by atoms with Crippen LogP contribution in [-0.2, 0) is 20.7 Å². The van der Waals surface area contributed by atoms with Crippen molar-refractivity contribution in [2.24, 2.45) is 23.2 Å². The molecule has 6 rings (SSSR count). The van der Waals surface area contributed by atoms with Crippen molar-refractivity contribution < 1.29 is 14.3 Å². The van der Waals surface area contributed by atoms with E-state index in [1.165, 1.54) is 19.3 Å². The van der Waals surface area contributed by atoms with Gasteiger partial charge in [0.25, 0.3) is 0 Å². The monoisotopic (exact) mass is 396 g/mol. The van der Waals surface area contributed by atoms with Crippen molar-refractivity contribution in [3.8, 4) is 0 Å². The number of amides is 2. The van der Waals surface area contributed by atoms with Crippen LogP contribution in [0, 0.1) is 23.2 Å². The maximum atomic E-state index is 13.6. The number of nitrogens with zero attached hydrogens (tertiary/aromatic N) is 1. The second kappa shape index (κ2) is 7.75. The Balaban J connectivity index is 1.34. The Bertz CT molecular complexity index is 721. The van der Waals surface area contributed by atoms with Gasteiger partial charge in [0.1, 0.15) is 6.04 Å². The number of nitrogens with one attached hydrogen (secondary N) is 1. The lowest BCUT2D eigenvalue weighted by molar-refractivity contribution is -0.150. The first kappa shape index (κ1) is 19.1. The quantitative estimate of drug-likeness (QED) is 0.833. The van der Waals surface area contributed by atoms with E-state index in [-0.39, 0.29) is 17.2 Å². The summed E-state index contributed by atoms with van der Waals surface area (Å²) in [6.45, 7) is 2.37. The molecule has 1 heterocycles. The molecule has 156 valence electrons. The fourth-order valence-electron chi connectivity index (χ4n) is 6.75.